The van der Waals surface area contributed by atoms with Gasteiger partial charge in [0.25, 0.3) is 0 Å². The Kier molecular flexibility index (Phi) is 9.95. The molecule has 1 heterocycles. The van der Waals surface area contributed by atoms with Crippen molar-refractivity contribution in [2.75, 3.05) is 66.3 Å². The quantitative estimate of drug-likeness (QED) is 0.456. The van der Waals surface area contributed by atoms with E-state index in [0.717, 1.165) is 32.5 Å². The van der Waals surface area contributed by atoms with E-state index in [1.807, 2.05) is 6.07 Å². The van der Waals surface area contributed by atoms with Crippen LogP contribution in [0.2, 0.25) is 0 Å². The summed E-state index contributed by atoms with van der Waals surface area (Å²) < 4.78 is 43.3. The fourth-order valence-corrected chi connectivity index (χ4v) is 5.05. The maximum Gasteiger partial charge on any atom is 0.243 e. The van der Waals surface area contributed by atoms with Gasteiger partial charge in [-0.05, 0) is 49.2 Å². The van der Waals surface area contributed by atoms with E-state index >= 15 is 0 Å². The van der Waals surface area contributed by atoms with Crippen LogP contribution in [0.1, 0.15) is 12.0 Å². The fraction of sp³-hybridized carbons (Fsp3) is 0.500. The molecule has 3 rings (SSSR count). The Morgan fingerprint density at radius 1 is 0.938 bits per heavy atom. The summed E-state index contributed by atoms with van der Waals surface area (Å²) in [5.74, 6) is 0.668. The number of ether oxygens (including phenoxy) is 3. The van der Waals surface area contributed by atoms with Crippen molar-refractivity contribution in [3.8, 4) is 5.75 Å². The van der Waals surface area contributed by atoms with Gasteiger partial charge in [-0.3, -0.25) is 4.90 Å². The van der Waals surface area contributed by atoms with Crippen LogP contribution in [0.3, 0.4) is 0 Å². The van der Waals surface area contributed by atoms with Crippen molar-refractivity contribution in [3.63, 3.8) is 0 Å². The van der Waals surface area contributed by atoms with E-state index in [1.165, 1.54) is 9.87 Å². The van der Waals surface area contributed by atoms with Crippen LogP contribution in [-0.4, -0.2) is 83.9 Å². The number of benzene rings is 2. The minimum atomic E-state index is -3.48. The Morgan fingerprint density at radius 3 is 2.31 bits per heavy atom. The predicted octanol–water partition coefficient (Wildman–Crippen LogP) is 2.67. The highest BCUT2D eigenvalue weighted by molar-refractivity contribution is 7.89. The molecule has 0 spiro atoms. The molecular weight excluding hydrogens is 428 g/mol. The van der Waals surface area contributed by atoms with Gasteiger partial charge in [0.15, 0.2) is 0 Å². The monoisotopic (exact) mass is 462 g/mol. The lowest BCUT2D eigenvalue weighted by atomic mass is 10.1. The first kappa shape index (κ1) is 24.7. The van der Waals surface area contributed by atoms with Gasteiger partial charge in [-0.25, -0.2) is 8.42 Å². The molecule has 0 atom stereocenters. The van der Waals surface area contributed by atoms with Gasteiger partial charge in [-0.1, -0.05) is 30.3 Å². The van der Waals surface area contributed by atoms with Gasteiger partial charge in [-0.15, -0.1) is 0 Å². The Hall–Kier alpha value is -1.97. The third-order valence-corrected chi connectivity index (χ3v) is 7.41. The summed E-state index contributed by atoms with van der Waals surface area (Å²) in [6.45, 7) is 5.47. The van der Waals surface area contributed by atoms with Crippen LogP contribution in [0.15, 0.2) is 59.5 Å². The molecule has 0 unspecified atom stereocenters. The van der Waals surface area contributed by atoms with Crippen LogP contribution in [0.4, 0.5) is 0 Å². The number of hydrogen-bond donors (Lipinski definition) is 0. The van der Waals surface area contributed by atoms with Crippen LogP contribution in [0.5, 0.6) is 5.75 Å². The summed E-state index contributed by atoms with van der Waals surface area (Å²) in [6.07, 6.45) is 2.12. The molecular formula is C24H34N2O5S. The average Bonchev–Trinajstić information content (AvgIpc) is 2.84. The van der Waals surface area contributed by atoms with Gasteiger partial charge in [-0.2, -0.15) is 4.31 Å². The minimum absolute atomic E-state index is 0.286. The summed E-state index contributed by atoms with van der Waals surface area (Å²) >= 11 is 0. The molecule has 1 fully saturated rings. The topological polar surface area (TPSA) is 68.3 Å². The van der Waals surface area contributed by atoms with Crippen molar-refractivity contribution in [2.24, 2.45) is 0 Å². The first-order chi connectivity index (χ1) is 15.6. The molecule has 0 aliphatic carbocycles. The second kappa shape index (κ2) is 12.9. The van der Waals surface area contributed by atoms with E-state index in [4.69, 9.17) is 14.2 Å². The van der Waals surface area contributed by atoms with Crippen molar-refractivity contribution in [1.82, 2.24) is 9.21 Å². The second-order valence-corrected chi connectivity index (χ2v) is 9.70. The maximum absolute atomic E-state index is 12.7. The van der Waals surface area contributed by atoms with E-state index in [-0.39, 0.29) is 4.90 Å². The number of rotatable bonds is 13. The summed E-state index contributed by atoms with van der Waals surface area (Å²) in [4.78, 5) is 2.62. The molecule has 1 saturated heterocycles. The number of sulfonamides is 1. The molecule has 0 N–H and O–H groups in total. The Labute approximate surface area is 191 Å². The highest BCUT2D eigenvalue weighted by Crippen LogP contribution is 2.20. The Balaban J connectivity index is 1.46. The molecule has 0 bridgehead atoms. The molecule has 8 heteroatoms. The summed E-state index contributed by atoms with van der Waals surface area (Å²) in [7, 11) is -1.77. The van der Waals surface area contributed by atoms with Gasteiger partial charge in [0.1, 0.15) is 12.4 Å². The summed E-state index contributed by atoms with van der Waals surface area (Å²) in [6, 6.07) is 17.2. The first-order valence-corrected chi connectivity index (χ1v) is 12.6. The smallest absolute Gasteiger partial charge is 0.243 e. The van der Waals surface area contributed by atoms with E-state index in [1.54, 1.807) is 31.4 Å². The third-order valence-electron chi connectivity index (χ3n) is 5.50. The molecule has 176 valence electrons. The molecule has 0 saturated carbocycles. The summed E-state index contributed by atoms with van der Waals surface area (Å²) in [5, 5.41) is 0. The molecule has 2 aromatic rings. The Bertz CT molecular complexity index is 884. The standard InChI is InChI=1S/C24H34N2O5S/c1-29-18-14-25(13-5-8-22-6-3-2-4-7-22)15-21-31-23-9-11-24(12-10-23)32(27,28)26-16-19-30-20-17-26/h2-4,6-7,9-12H,5,8,13-21H2,1H3. The average molecular weight is 463 g/mol. The highest BCUT2D eigenvalue weighted by Gasteiger charge is 2.26. The van der Waals surface area contributed by atoms with E-state index in [2.05, 4.69) is 29.2 Å². The molecule has 1 aliphatic rings. The van der Waals surface area contributed by atoms with Crippen LogP contribution in [-0.2, 0) is 25.9 Å². The van der Waals surface area contributed by atoms with Gasteiger partial charge in [0, 0.05) is 33.3 Å². The second-order valence-electron chi connectivity index (χ2n) is 7.76. The fourth-order valence-electron chi connectivity index (χ4n) is 3.64. The molecule has 2 aromatic carbocycles. The van der Waals surface area contributed by atoms with Crippen molar-refractivity contribution < 1.29 is 22.6 Å². The third kappa shape index (κ3) is 7.56. The van der Waals surface area contributed by atoms with Gasteiger partial charge < -0.3 is 14.2 Å². The van der Waals surface area contributed by atoms with Crippen molar-refractivity contribution >= 4 is 10.0 Å². The first-order valence-electron chi connectivity index (χ1n) is 11.2. The molecule has 1 aliphatic heterocycles. The largest absolute Gasteiger partial charge is 0.492 e. The molecule has 7 nitrogen and oxygen atoms in total. The lowest BCUT2D eigenvalue weighted by Gasteiger charge is -2.26. The number of morpholine rings is 1. The summed E-state index contributed by atoms with van der Waals surface area (Å²) in [5.41, 5.74) is 1.35. The van der Waals surface area contributed by atoms with Crippen LogP contribution in [0, 0.1) is 0 Å². The number of methoxy groups -OCH3 is 1. The van der Waals surface area contributed by atoms with Crippen molar-refractivity contribution in [2.45, 2.75) is 17.7 Å². The SMILES string of the molecule is COCCN(CCCc1ccccc1)CCOc1ccc(S(=O)(=O)N2CCOCC2)cc1. The van der Waals surface area contributed by atoms with Crippen LogP contribution >= 0.6 is 0 Å². The number of nitrogens with zero attached hydrogens (tertiary/aromatic N) is 2. The molecule has 0 aromatic heterocycles. The van der Waals surface area contributed by atoms with Gasteiger partial charge in [0.05, 0.1) is 24.7 Å². The normalized spacial score (nSPS) is 15.2. The zero-order chi connectivity index (χ0) is 22.7. The zero-order valence-electron chi connectivity index (χ0n) is 18.8. The van der Waals surface area contributed by atoms with E-state index < -0.39 is 10.0 Å². The maximum atomic E-state index is 12.7. The molecule has 0 radical (unpaired) electrons. The number of hydrogen-bond acceptors (Lipinski definition) is 6. The van der Waals surface area contributed by atoms with E-state index in [0.29, 0.717) is 45.3 Å². The van der Waals surface area contributed by atoms with Crippen molar-refractivity contribution in [1.29, 1.82) is 0 Å². The van der Waals surface area contributed by atoms with Gasteiger partial charge >= 0.3 is 0 Å². The Morgan fingerprint density at radius 2 is 1.62 bits per heavy atom. The number of aryl methyl sites for hydroxylation is 1. The minimum Gasteiger partial charge on any atom is -0.492 e. The lowest BCUT2D eigenvalue weighted by Crippen LogP contribution is -2.40. The van der Waals surface area contributed by atoms with Crippen molar-refractivity contribution in [3.05, 3.63) is 60.2 Å². The zero-order valence-corrected chi connectivity index (χ0v) is 19.6. The lowest BCUT2D eigenvalue weighted by molar-refractivity contribution is 0.0730. The molecule has 0 amide bonds. The highest BCUT2D eigenvalue weighted by atomic mass is 32.2. The predicted molar refractivity (Wildman–Crippen MR) is 125 cm³/mol. The van der Waals surface area contributed by atoms with Crippen LogP contribution in [0.25, 0.3) is 0 Å². The van der Waals surface area contributed by atoms with Gasteiger partial charge in [0.2, 0.25) is 10.0 Å². The molecule has 32 heavy (non-hydrogen) atoms. The van der Waals surface area contributed by atoms with Crippen LogP contribution < -0.4 is 4.74 Å². The van der Waals surface area contributed by atoms with E-state index in [9.17, 15) is 8.42 Å².